The van der Waals surface area contributed by atoms with Gasteiger partial charge in [-0.15, -0.1) is 0 Å². The van der Waals surface area contributed by atoms with Gasteiger partial charge in [-0.3, -0.25) is 10.00 Å². The number of hydrogen-bond acceptors (Lipinski definition) is 3. The Morgan fingerprint density at radius 3 is 2.61 bits per heavy atom. The van der Waals surface area contributed by atoms with E-state index < -0.39 is 5.54 Å². The van der Waals surface area contributed by atoms with Crippen molar-refractivity contribution in [2.75, 3.05) is 7.05 Å². The molecule has 1 N–H and O–H groups in total. The first-order valence-corrected chi connectivity index (χ1v) is 5.85. The van der Waals surface area contributed by atoms with Crippen molar-refractivity contribution in [2.45, 2.75) is 19.0 Å². The second kappa shape index (κ2) is 5.03. The van der Waals surface area contributed by atoms with Crippen molar-refractivity contribution in [3.05, 3.63) is 53.9 Å². The summed E-state index contributed by atoms with van der Waals surface area (Å²) in [4.78, 5) is 0. The lowest BCUT2D eigenvalue weighted by Gasteiger charge is -2.26. The molecule has 0 saturated heterocycles. The minimum atomic E-state index is -0.750. The fraction of sp³-hybridized carbons (Fsp3) is 0.286. The molecule has 4 nitrogen and oxygen atoms in total. The predicted octanol–water partition coefficient (Wildman–Crippen LogP) is 1.83. The Morgan fingerprint density at radius 1 is 1.39 bits per heavy atom. The Kier molecular flexibility index (Phi) is 3.45. The SMILES string of the molecule is CNC(C#N)(Cn1cc(C)cn1)c1ccccc1. The van der Waals surface area contributed by atoms with Gasteiger partial charge >= 0.3 is 0 Å². The van der Waals surface area contributed by atoms with Crippen LogP contribution in [-0.4, -0.2) is 16.8 Å². The van der Waals surface area contributed by atoms with E-state index in [2.05, 4.69) is 16.5 Å². The number of likely N-dealkylation sites (N-methyl/N-ethyl adjacent to an activating group) is 1. The van der Waals surface area contributed by atoms with E-state index in [0.29, 0.717) is 6.54 Å². The van der Waals surface area contributed by atoms with Gasteiger partial charge in [0.15, 0.2) is 5.54 Å². The average Bonchev–Trinajstić information content (AvgIpc) is 2.82. The van der Waals surface area contributed by atoms with E-state index in [0.717, 1.165) is 11.1 Å². The molecule has 92 valence electrons. The molecule has 0 bridgehead atoms. The zero-order valence-electron chi connectivity index (χ0n) is 10.6. The number of nitrogens with one attached hydrogen (secondary N) is 1. The number of rotatable bonds is 4. The van der Waals surface area contributed by atoms with Crippen LogP contribution in [0.4, 0.5) is 0 Å². The van der Waals surface area contributed by atoms with Crippen LogP contribution in [0.1, 0.15) is 11.1 Å². The molecule has 0 aliphatic rings. The molecule has 0 radical (unpaired) electrons. The summed E-state index contributed by atoms with van der Waals surface area (Å²) in [5.74, 6) is 0. The van der Waals surface area contributed by atoms with Crippen LogP contribution in [-0.2, 0) is 12.1 Å². The second-order valence-electron chi connectivity index (χ2n) is 4.35. The Bertz CT molecular complexity index is 553. The van der Waals surface area contributed by atoms with Gasteiger partial charge in [-0.25, -0.2) is 0 Å². The van der Waals surface area contributed by atoms with Crippen LogP contribution < -0.4 is 5.32 Å². The quantitative estimate of drug-likeness (QED) is 0.887. The van der Waals surface area contributed by atoms with Crippen LogP contribution in [0.25, 0.3) is 0 Å². The largest absolute Gasteiger partial charge is 0.297 e. The van der Waals surface area contributed by atoms with Crippen molar-refractivity contribution in [1.29, 1.82) is 5.26 Å². The smallest absolute Gasteiger partial charge is 0.151 e. The average molecular weight is 240 g/mol. The summed E-state index contributed by atoms with van der Waals surface area (Å²) in [7, 11) is 1.80. The molecule has 0 spiro atoms. The Morgan fingerprint density at radius 2 is 2.11 bits per heavy atom. The topological polar surface area (TPSA) is 53.6 Å². The van der Waals surface area contributed by atoms with Crippen LogP contribution in [0.15, 0.2) is 42.7 Å². The van der Waals surface area contributed by atoms with Gasteiger partial charge in [-0.1, -0.05) is 30.3 Å². The third kappa shape index (κ3) is 2.27. The number of aromatic nitrogens is 2. The zero-order chi connectivity index (χ0) is 13.0. The van der Waals surface area contributed by atoms with E-state index in [-0.39, 0.29) is 0 Å². The molecule has 0 amide bonds. The first-order valence-electron chi connectivity index (χ1n) is 5.85. The van der Waals surface area contributed by atoms with Gasteiger partial charge in [0.25, 0.3) is 0 Å². The first kappa shape index (κ1) is 12.3. The highest BCUT2D eigenvalue weighted by molar-refractivity contribution is 5.31. The van der Waals surface area contributed by atoms with Crippen molar-refractivity contribution in [3.63, 3.8) is 0 Å². The molecular weight excluding hydrogens is 224 g/mol. The number of nitrogens with zero attached hydrogens (tertiary/aromatic N) is 3. The first-order chi connectivity index (χ1) is 8.70. The van der Waals surface area contributed by atoms with Crippen LogP contribution in [0.3, 0.4) is 0 Å². The third-order valence-corrected chi connectivity index (χ3v) is 3.05. The summed E-state index contributed by atoms with van der Waals surface area (Å²) in [6.45, 7) is 2.47. The van der Waals surface area contributed by atoms with Crippen molar-refractivity contribution in [2.24, 2.45) is 0 Å². The molecule has 0 fully saturated rings. The van der Waals surface area contributed by atoms with Crippen LogP contribution in [0, 0.1) is 18.3 Å². The Labute approximate surface area is 107 Å². The highest BCUT2D eigenvalue weighted by Gasteiger charge is 2.31. The lowest BCUT2D eigenvalue weighted by Crippen LogP contribution is -2.42. The molecule has 18 heavy (non-hydrogen) atoms. The molecule has 0 aliphatic carbocycles. The van der Waals surface area contributed by atoms with E-state index in [9.17, 15) is 5.26 Å². The lowest BCUT2D eigenvalue weighted by atomic mass is 9.91. The molecule has 1 unspecified atom stereocenters. The number of aryl methyl sites for hydroxylation is 1. The maximum absolute atomic E-state index is 9.54. The maximum Gasteiger partial charge on any atom is 0.151 e. The summed E-state index contributed by atoms with van der Waals surface area (Å²) in [5, 5.41) is 16.9. The van der Waals surface area contributed by atoms with E-state index >= 15 is 0 Å². The summed E-state index contributed by atoms with van der Waals surface area (Å²) in [5.41, 5.74) is 1.29. The van der Waals surface area contributed by atoms with Crippen molar-refractivity contribution in [1.82, 2.24) is 15.1 Å². The fourth-order valence-corrected chi connectivity index (χ4v) is 1.99. The van der Waals surface area contributed by atoms with Crippen LogP contribution in [0.5, 0.6) is 0 Å². The number of benzene rings is 1. The maximum atomic E-state index is 9.54. The molecule has 1 aromatic carbocycles. The lowest BCUT2D eigenvalue weighted by molar-refractivity contribution is 0.377. The Hall–Kier alpha value is -2.12. The highest BCUT2D eigenvalue weighted by atomic mass is 15.3. The summed E-state index contributed by atoms with van der Waals surface area (Å²) < 4.78 is 1.79. The molecule has 2 aromatic rings. The second-order valence-corrected chi connectivity index (χ2v) is 4.35. The van der Waals surface area contributed by atoms with Gasteiger partial charge in [0.05, 0.1) is 18.8 Å². The summed E-state index contributed by atoms with van der Waals surface area (Å²) >= 11 is 0. The molecule has 1 aromatic heterocycles. The van der Waals surface area contributed by atoms with E-state index in [4.69, 9.17) is 0 Å². The molecule has 0 aliphatic heterocycles. The van der Waals surface area contributed by atoms with Gasteiger partial charge in [0.1, 0.15) is 0 Å². The summed E-state index contributed by atoms with van der Waals surface area (Å²) in [6, 6.07) is 12.1. The van der Waals surface area contributed by atoms with Gasteiger partial charge in [-0.2, -0.15) is 10.4 Å². The van der Waals surface area contributed by atoms with E-state index in [1.807, 2.05) is 43.5 Å². The molecule has 1 heterocycles. The standard InChI is InChI=1S/C14H16N4/c1-12-8-17-18(9-12)11-14(10-15,16-2)13-6-4-3-5-7-13/h3-9,16H,11H2,1-2H3. The van der Waals surface area contributed by atoms with Crippen molar-refractivity contribution in [3.8, 4) is 6.07 Å². The van der Waals surface area contributed by atoms with Crippen molar-refractivity contribution < 1.29 is 0 Å². The van der Waals surface area contributed by atoms with Gasteiger partial charge in [-0.05, 0) is 25.1 Å². The summed E-state index contributed by atoms with van der Waals surface area (Å²) in [6.07, 6.45) is 3.73. The third-order valence-electron chi connectivity index (χ3n) is 3.05. The van der Waals surface area contributed by atoms with Gasteiger partial charge in [0.2, 0.25) is 0 Å². The molecule has 0 saturated carbocycles. The van der Waals surface area contributed by atoms with Gasteiger partial charge < -0.3 is 0 Å². The highest BCUT2D eigenvalue weighted by Crippen LogP contribution is 2.22. The molecule has 4 heteroatoms. The number of nitriles is 1. The van der Waals surface area contributed by atoms with E-state index in [1.165, 1.54) is 0 Å². The molecular formula is C14H16N4. The monoisotopic (exact) mass is 240 g/mol. The van der Waals surface area contributed by atoms with Crippen molar-refractivity contribution >= 4 is 0 Å². The minimum absolute atomic E-state index is 0.484. The zero-order valence-corrected chi connectivity index (χ0v) is 10.6. The van der Waals surface area contributed by atoms with Crippen LogP contribution >= 0.6 is 0 Å². The Balaban J connectivity index is 2.36. The predicted molar refractivity (Wildman–Crippen MR) is 69.8 cm³/mol. The van der Waals surface area contributed by atoms with Crippen LogP contribution in [0.2, 0.25) is 0 Å². The minimum Gasteiger partial charge on any atom is -0.297 e. The molecule has 1 atom stereocenters. The van der Waals surface area contributed by atoms with E-state index in [1.54, 1.807) is 17.9 Å². The number of hydrogen-bond donors (Lipinski definition) is 1. The normalized spacial score (nSPS) is 13.8. The molecule has 2 rings (SSSR count). The fourth-order valence-electron chi connectivity index (χ4n) is 1.99. The van der Waals surface area contributed by atoms with Gasteiger partial charge in [0, 0.05) is 6.20 Å².